The largest absolute Gasteiger partial charge is 0.489 e. The van der Waals surface area contributed by atoms with Crippen LogP contribution in [0.15, 0.2) is 18.2 Å². The summed E-state index contributed by atoms with van der Waals surface area (Å²) in [4.78, 5) is 0. The van der Waals surface area contributed by atoms with Crippen molar-refractivity contribution in [3.63, 3.8) is 0 Å². The fourth-order valence-corrected chi connectivity index (χ4v) is 1.97. The molecule has 20 heavy (non-hydrogen) atoms. The summed E-state index contributed by atoms with van der Waals surface area (Å²) in [5.41, 5.74) is 0. The second kappa shape index (κ2) is 8.70. The van der Waals surface area contributed by atoms with Crippen molar-refractivity contribution < 1.29 is 14.9 Å². The SMILES string of the molecule is CC(C)[C@@H](CO)NCC(O)COc1cc(Cl)ccc1Cl. The van der Waals surface area contributed by atoms with Gasteiger partial charge in [0, 0.05) is 23.7 Å². The minimum atomic E-state index is -0.696. The van der Waals surface area contributed by atoms with Crippen LogP contribution in [0.5, 0.6) is 5.75 Å². The Bertz CT molecular complexity index is 415. The van der Waals surface area contributed by atoms with Crippen LogP contribution in [0.2, 0.25) is 10.0 Å². The van der Waals surface area contributed by atoms with E-state index in [1.165, 1.54) is 0 Å². The number of hydrogen-bond acceptors (Lipinski definition) is 4. The molecule has 0 amide bonds. The molecule has 0 aliphatic rings. The molecule has 0 saturated carbocycles. The maximum atomic E-state index is 9.85. The standard InChI is InChI=1S/C14H21Cl2NO3/c1-9(2)13(7-18)17-6-11(19)8-20-14-5-10(15)3-4-12(14)16/h3-5,9,11,13,17-19H,6-8H2,1-2H3/t11?,13-/m1/s1. The summed E-state index contributed by atoms with van der Waals surface area (Å²) in [6.45, 7) is 4.47. The second-order valence-electron chi connectivity index (χ2n) is 4.98. The quantitative estimate of drug-likeness (QED) is 0.687. The zero-order valence-corrected chi connectivity index (χ0v) is 13.2. The smallest absolute Gasteiger partial charge is 0.139 e. The Labute approximate surface area is 129 Å². The predicted molar refractivity (Wildman–Crippen MR) is 81.7 cm³/mol. The van der Waals surface area contributed by atoms with Crippen LogP contribution in [0.1, 0.15) is 13.8 Å². The van der Waals surface area contributed by atoms with Crippen LogP contribution < -0.4 is 10.1 Å². The van der Waals surface area contributed by atoms with Gasteiger partial charge in [0.25, 0.3) is 0 Å². The Morgan fingerprint density at radius 1 is 1.30 bits per heavy atom. The summed E-state index contributed by atoms with van der Waals surface area (Å²) < 4.78 is 5.44. The third-order valence-electron chi connectivity index (χ3n) is 2.94. The first-order chi connectivity index (χ1) is 9.43. The molecule has 0 spiro atoms. The zero-order valence-electron chi connectivity index (χ0n) is 11.6. The normalized spacial score (nSPS) is 14.3. The van der Waals surface area contributed by atoms with E-state index in [2.05, 4.69) is 5.32 Å². The van der Waals surface area contributed by atoms with Gasteiger partial charge in [0.1, 0.15) is 18.5 Å². The Kier molecular flexibility index (Phi) is 7.62. The molecule has 1 aromatic carbocycles. The first-order valence-corrected chi connectivity index (χ1v) is 7.29. The summed E-state index contributed by atoms with van der Waals surface area (Å²) in [5.74, 6) is 0.733. The van der Waals surface area contributed by atoms with Gasteiger partial charge in [0.2, 0.25) is 0 Å². The number of halogens is 2. The summed E-state index contributed by atoms with van der Waals surface area (Å²) >= 11 is 11.8. The van der Waals surface area contributed by atoms with Gasteiger partial charge in [-0.05, 0) is 18.1 Å². The molecule has 0 saturated heterocycles. The van der Waals surface area contributed by atoms with Gasteiger partial charge in [0.05, 0.1) is 11.6 Å². The number of aliphatic hydroxyl groups is 2. The van der Waals surface area contributed by atoms with Crippen LogP contribution in [-0.4, -0.2) is 42.1 Å². The Balaban J connectivity index is 2.39. The molecule has 0 radical (unpaired) electrons. The van der Waals surface area contributed by atoms with E-state index in [1.54, 1.807) is 18.2 Å². The second-order valence-corrected chi connectivity index (χ2v) is 5.82. The molecule has 3 N–H and O–H groups in total. The summed E-state index contributed by atoms with van der Waals surface area (Å²) in [5, 5.41) is 23.1. The molecule has 0 heterocycles. The third-order valence-corrected chi connectivity index (χ3v) is 3.49. The van der Waals surface area contributed by atoms with Crippen LogP contribution in [0.4, 0.5) is 0 Å². The van der Waals surface area contributed by atoms with Gasteiger partial charge >= 0.3 is 0 Å². The van der Waals surface area contributed by atoms with Crippen LogP contribution in [0.3, 0.4) is 0 Å². The lowest BCUT2D eigenvalue weighted by atomic mass is 10.1. The van der Waals surface area contributed by atoms with E-state index >= 15 is 0 Å². The maximum Gasteiger partial charge on any atom is 0.139 e. The van der Waals surface area contributed by atoms with Crippen LogP contribution in [0.25, 0.3) is 0 Å². The number of hydrogen-bond donors (Lipinski definition) is 3. The Morgan fingerprint density at radius 3 is 2.60 bits per heavy atom. The molecule has 0 fully saturated rings. The minimum Gasteiger partial charge on any atom is -0.489 e. The molecule has 1 rings (SSSR count). The number of ether oxygens (including phenoxy) is 1. The summed E-state index contributed by atoms with van der Waals surface area (Å²) in [6, 6.07) is 4.88. The van der Waals surface area contributed by atoms with Crippen LogP contribution in [-0.2, 0) is 0 Å². The summed E-state index contributed by atoms with van der Waals surface area (Å²) in [7, 11) is 0. The van der Waals surface area contributed by atoms with Crippen molar-refractivity contribution in [3.05, 3.63) is 28.2 Å². The van der Waals surface area contributed by atoms with Crippen LogP contribution >= 0.6 is 23.2 Å². The van der Waals surface area contributed by atoms with Crippen molar-refractivity contribution in [1.29, 1.82) is 0 Å². The Hall–Kier alpha value is -0.520. The molecule has 1 unspecified atom stereocenters. The highest BCUT2D eigenvalue weighted by molar-refractivity contribution is 6.34. The summed E-state index contributed by atoms with van der Waals surface area (Å²) in [6.07, 6.45) is -0.696. The number of rotatable bonds is 8. The van der Waals surface area contributed by atoms with Crippen molar-refractivity contribution >= 4 is 23.2 Å². The highest BCUT2D eigenvalue weighted by Gasteiger charge is 2.14. The average molecular weight is 322 g/mol. The number of benzene rings is 1. The van der Waals surface area contributed by atoms with Gasteiger partial charge in [-0.1, -0.05) is 37.0 Å². The van der Waals surface area contributed by atoms with Gasteiger partial charge in [-0.2, -0.15) is 0 Å². The molecule has 4 nitrogen and oxygen atoms in total. The molecule has 0 bridgehead atoms. The molecule has 114 valence electrons. The number of aliphatic hydroxyl groups excluding tert-OH is 2. The Morgan fingerprint density at radius 2 is 2.00 bits per heavy atom. The van der Waals surface area contributed by atoms with Crippen molar-refractivity contribution in [1.82, 2.24) is 5.32 Å². The van der Waals surface area contributed by atoms with Gasteiger partial charge in [-0.3, -0.25) is 0 Å². The lowest BCUT2D eigenvalue weighted by Gasteiger charge is -2.22. The monoisotopic (exact) mass is 321 g/mol. The van der Waals surface area contributed by atoms with E-state index in [4.69, 9.17) is 27.9 Å². The van der Waals surface area contributed by atoms with Gasteiger partial charge in [-0.25, -0.2) is 0 Å². The van der Waals surface area contributed by atoms with Crippen LogP contribution in [0, 0.1) is 5.92 Å². The molecule has 1 aromatic rings. The van der Waals surface area contributed by atoms with E-state index in [0.29, 0.717) is 22.3 Å². The molecule has 0 aromatic heterocycles. The molecular weight excluding hydrogens is 301 g/mol. The fourth-order valence-electron chi connectivity index (χ4n) is 1.63. The van der Waals surface area contributed by atoms with Gasteiger partial charge in [-0.15, -0.1) is 0 Å². The van der Waals surface area contributed by atoms with E-state index in [-0.39, 0.29) is 25.2 Å². The highest BCUT2D eigenvalue weighted by Crippen LogP contribution is 2.27. The topological polar surface area (TPSA) is 61.7 Å². The maximum absolute atomic E-state index is 9.85. The minimum absolute atomic E-state index is 0.0331. The zero-order chi connectivity index (χ0) is 15.1. The van der Waals surface area contributed by atoms with E-state index in [0.717, 1.165) is 0 Å². The van der Waals surface area contributed by atoms with Crippen molar-refractivity contribution in [2.45, 2.75) is 26.0 Å². The van der Waals surface area contributed by atoms with Crippen molar-refractivity contribution in [3.8, 4) is 5.75 Å². The first kappa shape index (κ1) is 17.5. The molecule has 0 aliphatic carbocycles. The molecule has 6 heteroatoms. The number of nitrogens with one attached hydrogen (secondary N) is 1. The third kappa shape index (κ3) is 5.85. The molecule has 0 aliphatic heterocycles. The van der Waals surface area contributed by atoms with Gasteiger partial charge in [0.15, 0.2) is 0 Å². The molecule has 2 atom stereocenters. The van der Waals surface area contributed by atoms with E-state index in [9.17, 15) is 10.2 Å². The first-order valence-electron chi connectivity index (χ1n) is 6.54. The van der Waals surface area contributed by atoms with Gasteiger partial charge < -0.3 is 20.3 Å². The average Bonchev–Trinajstić information content (AvgIpc) is 2.40. The highest BCUT2D eigenvalue weighted by atomic mass is 35.5. The van der Waals surface area contributed by atoms with E-state index < -0.39 is 6.10 Å². The predicted octanol–water partition coefficient (Wildman–Crippen LogP) is 2.34. The molecular formula is C14H21Cl2NO3. The van der Waals surface area contributed by atoms with Crippen molar-refractivity contribution in [2.24, 2.45) is 5.92 Å². The lowest BCUT2D eigenvalue weighted by molar-refractivity contribution is 0.0962. The lowest BCUT2D eigenvalue weighted by Crippen LogP contribution is -2.42. The fraction of sp³-hybridized carbons (Fsp3) is 0.571. The van der Waals surface area contributed by atoms with Crippen molar-refractivity contribution in [2.75, 3.05) is 19.8 Å². The van der Waals surface area contributed by atoms with E-state index in [1.807, 2.05) is 13.8 Å².